The number of fused-ring (bicyclic) bond motifs is 2. The zero-order chi connectivity index (χ0) is 33.3. The normalized spacial score (nSPS) is 12.3. The number of carboxylic acids is 1. The molecule has 6 rings (SSSR count). The second-order valence-electron chi connectivity index (χ2n) is 11.6. The minimum absolute atomic E-state index is 0.0206. The first kappa shape index (κ1) is 31.7. The lowest BCUT2D eigenvalue weighted by molar-refractivity contribution is -0.137. The summed E-state index contributed by atoms with van der Waals surface area (Å²) in [5.41, 5.74) is 6.86. The monoisotopic (exact) mass is 646 g/mol. The first-order valence-electron chi connectivity index (χ1n) is 15.3. The number of aryl methyl sites for hydroxylation is 2. The first-order chi connectivity index (χ1) is 22.5. The van der Waals surface area contributed by atoms with Gasteiger partial charge in [-0.3, -0.25) is 4.79 Å². The second kappa shape index (κ2) is 12.9. The van der Waals surface area contributed by atoms with Crippen molar-refractivity contribution < 1.29 is 27.3 Å². The van der Waals surface area contributed by atoms with E-state index in [1.54, 1.807) is 12.1 Å². The fourth-order valence-corrected chi connectivity index (χ4v) is 6.83. The third-order valence-corrected chi connectivity index (χ3v) is 9.36. The molecular weight excluding hydrogens is 612 g/mol. The summed E-state index contributed by atoms with van der Waals surface area (Å²) in [4.78, 5) is 13.1. The number of carboxylic acid groups (broad SMARTS) is 1. The molecule has 0 spiro atoms. The molecule has 0 aromatic heterocycles. The predicted octanol–water partition coefficient (Wildman–Crippen LogP) is 7.46. The molecule has 8 nitrogen and oxygen atoms in total. The van der Waals surface area contributed by atoms with E-state index in [1.165, 1.54) is 12.1 Å². The summed E-state index contributed by atoms with van der Waals surface area (Å²) >= 11 is 0. The van der Waals surface area contributed by atoms with Crippen LogP contribution in [-0.4, -0.2) is 37.6 Å². The van der Waals surface area contributed by atoms with Crippen molar-refractivity contribution in [3.63, 3.8) is 0 Å². The van der Waals surface area contributed by atoms with E-state index in [1.807, 2.05) is 106 Å². The average molecular weight is 647 g/mol. The predicted molar refractivity (Wildman–Crippen MR) is 183 cm³/mol. The summed E-state index contributed by atoms with van der Waals surface area (Å²) in [6.45, 7) is 4.50. The Hall–Kier alpha value is -5.25. The zero-order valence-electron chi connectivity index (χ0n) is 26.3. The van der Waals surface area contributed by atoms with Crippen molar-refractivity contribution in [2.45, 2.75) is 31.6 Å². The van der Waals surface area contributed by atoms with Crippen molar-refractivity contribution >= 4 is 44.1 Å². The fraction of sp³-hybridized carbons (Fsp3) is 0.158. The van der Waals surface area contributed by atoms with Crippen LogP contribution in [0.2, 0.25) is 0 Å². The summed E-state index contributed by atoms with van der Waals surface area (Å²) in [7, 11) is -2.83. The lowest BCUT2D eigenvalue weighted by Gasteiger charge is -2.27. The Labute approximate surface area is 273 Å². The number of rotatable bonds is 9. The molecule has 1 heterocycles. The molecule has 0 saturated carbocycles. The van der Waals surface area contributed by atoms with Crippen LogP contribution in [-0.2, 0) is 14.9 Å². The van der Waals surface area contributed by atoms with Gasteiger partial charge in [-0.1, -0.05) is 54.6 Å². The SMILES string of the molecule is Cc1ccccc1N(CCCC(=O)O)c1ccc2c(-c3ccccc3S(=O)(=O)[O-])c3ccc(=[N+](C)c4ccccc4C)cc-3oc2c1. The minimum atomic E-state index is -4.81. The molecule has 4 aromatic rings. The van der Waals surface area contributed by atoms with Crippen LogP contribution in [0.25, 0.3) is 33.4 Å². The lowest BCUT2D eigenvalue weighted by atomic mass is 9.93. The topological polar surface area (TPSA) is 114 Å². The summed E-state index contributed by atoms with van der Waals surface area (Å²) in [6.07, 6.45) is 0.442. The molecule has 238 valence electrons. The highest BCUT2D eigenvalue weighted by Gasteiger charge is 2.23. The molecule has 0 bridgehead atoms. The maximum absolute atomic E-state index is 12.5. The van der Waals surface area contributed by atoms with Gasteiger partial charge in [-0.15, -0.1) is 0 Å². The van der Waals surface area contributed by atoms with Gasteiger partial charge in [0.05, 0.1) is 11.0 Å². The molecule has 1 aliphatic heterocycles. The van der Waals surface area contributed by atoms with E-state index in [9.17, 15) is 22.9 Å². The van der Waals surface area contributed by atoms with Gasteiger partial charge in [-0.2, -0.15) is 4.58 Å². The highest BCUT2D eigenvalue weighted by atomic mass is 32.2. The third-order valence-electron chi connectivity index (χ3n) is 8.47. The Balaban J connectivity index is 1.64. The Morgan fingerprint density at radius 2 is 1.55 bits per heavy atom. The summed E-state index contributed by atoms with van der Waals surface area (Å²) in [5.74, 6) is -0.355. The van der Waals surface area contributed by atoms with Crippen molar-refractivity contribution in [3.8, 4) is 22.5 Å². The van der Waals surface area contributed by atoms with Crippen LogP contribution >= 0.6 is 0 Å². The molecule has 2 aliphatic rings. The summed E-state index contributed by atoms with van der Waals surface area (Å²) in [5, 5.41) is 10.8. The van der Waals surface area contributed by atoms with Crippen molar-refractivity contribution in [3.05, 3.63) is 126 Å². The average Bonchev–Trinajstić information content (AvgIpc) is 3.05. The molecule has 0 amide bonds. The number of para-hydroxylation sites is 2. The highest BCUT2D eigenvalue weighted by Crippen LogP contribution is 2.43. The molecular formula is C38H34N2O6S. The van der Waals surface area contributed by atoms with E-state index in [4.69, 9.17) is 4.42 Å². The quantitative estimate of drug-likeness (QED) is 0.0985. The lowest BCUT2D eigenvalue weighted by Crippen LogP contribution is -2.22. The van der Waals surface area contributed by atoms with Gasteiger partial charge in [-0.25, -0.2) is 8.42 Å². The van der Waals surface area contributed by atoms with E-state index in [0.29, 0.717) is 46.4 Å². The first-order valence-corrected chi connectivity index (χ1v) is 16.7. The molecule has 0 unspecified atom stereocenters. The van der Waals surface area contributed by atoms with Gasteiger partial charge in [0, 0.05) is 70.2 Å². The molecule has 0 atom stereocenters. The number of hydrogen-bond acceptors (Lipinski definition) is 6. The number of aliphatic carboxylic acids is 1. The molecule has 9 heteroatoms. The van der Waals surface area contributed by atoms with Gasteiger partial charge in [0.25, 0.3) is 0 Å². The van der Waals surface area contributed by atoms with Crippen molar-refractivity contribution in [1.82, 2.24) is 4.58 Å². The number of nitrogens with zero attached hydrogens (tertiary/aromatic N) is 2. The van der Waals surface area contributed by atoms with Gasteiger partial charge in [0.2, 0.25) is 11.0 Å². The van der Waals surface area contributed by atoms with E-state index in [-0.39, 0.29) is 11.3 Å². The zero-order valence-corrected chi connectivity index (χ0v) is 27.1. The van der Waals surface area contributed by atoms with Crippen molar-refractivity contribution in [2.75, 3.05) is 18.5 Å². The summed E-state index contributed by atoms with van der Waals surface area (Å²) in [6, 6.07) is 33.6. The third kappa shape index (κ3) is 6.40. The van der Waals surface area contributed by atoms with Gasteiger partial charge < -0.3 is 19.0 Å². The molecule has 47 heavy (non-hydrogen) atoms. The van der Waals surface area contributed by atoms with Crippen LogP contribution in [0.15, 0.2) is 119 Å². The number of anilines is 2. The molecule has 1 N–H and O–H groups in total. The Kier molecular flexibility index (Phi) is 8.68. The largest absolute Gasteiger partial charge is 0.744 e. The van der Waals surface area contributed by atoms with Gasteiger partial charge in [0.1, 0.15) is 28.5 Å². The number of hydrogen-bond donors (Lipinski definition) is 1. The van der Waals surface area contributed by atoms with E-state index >= 15 is 0 Å². The molecule has 4 aromatic carbocycles. The maximum atomic E-state index is 12.5. The molecule has 0 radical (unpaired) electrons. The van der Waals surface area contributed by atoms with E-state index < -0.39 is 16.1 Å². The van der Waals surface area contributed by atoms with Crippen LogP contribution in [0.1, 0.15) is 24.0 Å². The molecule has 1 aliphatic carbocycles. The second-order valence-corrected chi connectivity index (χ2v) is 12.9. The van der Waals surface area contributed by atoms with E-state index in [2.05, 4.69) is 9.48 Å². The van der Waals surface area contributed by atoms with Gasteiger partial charge >= 0.3 is 5.97 Å². The molecule has 0 saturated heterocycles. The Bertz CT molecular complexity index is 2290. The number of carbonyl (C=O) groups is 1. The smallest absolute Gasteiger partial charge is 0.303 e. The van der Waals surface area contributed by atoms with E-state index in [0.717, 1.165) is 33.5 Å². The minimum Gasteiger partial charge on any atom is -0.744 e. The van der Waals surface area contributed by atoms with Crippen LogP contribution in [0.4, 0.5) is 17.1 Å². The Morgan fingerprint density at radius 3 is 2.28 bits per heavy atom. The summed E-state index contributed by atoms with van der Waals surface area (Å²) < 4.78 is 46.1. The van der Waals surface area contributed by atoms with Crippen LogP contribution in [0.5, 0.6) is 0 Å². The van der Waals surface area contributed by atoms with Gasteiger partial charge in [-0.05, 0) is 56.2 Å². The van der Waals surface area contributed by atoms with Crippen LogP contribution < -0.4 is 14.8 Å². The fourth-order valence-electron chi connectivity index (χ4n) is 6.15. The standard InChI is InChI=1S/C38H34N2O6S/c1-25-11-4-7-14-32(25)39(3)27-18-20-29-34(23-27)46-35-24-28(40(22-10-17-37(41)42)33-15-8-5-12-26(33)2)19-21-30(35)38(29)31-13-6-9-16-36(31)47(43,44)45/h4-9,11-16,18-21,23-24H,10,17,22H2,1-3H3,(H-,41,42,43,44,45). The van der Waals surface area contributed by atoms with Gasteiger partial charge in [0.15, 0.2) is 0 Å². The van der Waals surface area contributed by atoms with Crippen LogP contribution in [0.3, 0.4) is 0 Å². The number of benzene rings is 5. The van der Waals surface area contributed by atoms with Crippen molar-refractivity contribution in [1.29, 1.82) is 0 Å². The Morgan fingerprint density at radius 1 is 0.851 bits per heavy atom. The molecule has 0 fully saturated rings. The highest BCUT2D eigenvalue weighted by molar-refractivity contribution is 7.85. The van der Waals surface area contributed by atoms with Crippen LogP contribution in [0, 0.1) is 13.8 Å². The maximum Gasteiger partial charge on any atom is 0.303 e. The van der Waals surface area contributed by atoms with Crippen molar-refractivity contribution in [2.24, 2.45) is 0 Å².